The number of nitrogens with one attached hydrogen (secondary N) is 1. The van der Waals surface area contributed by atoms with Gasteiger partial charge in [0.1, 0.15) is 23.9 Å². The monoisotopic (exact) mass is 411 g/mol. The van der Waals surface area contributed by atoms with Gasteiger partial charge < -0.3 is 19.9 Å². The number of anilines is 1. The van der Waals surface area contributed by atoms with Gasteiger partial charge >= 0.3 is 0 Å². The van der Waals surface area contributed by atoms with Crippen molar-refractivity contribution in [1.29, 1.82) is 0 Å². The zero-order chi connectivity index (χ0) is 18.8. The molecule has 0 saturated heterocycles. The van der Waals surface area contributed by atoms with Gasteiger partial charge in [-0.3, -0.25) is 9.80 Å². The summed E-state index contributed by atoms with van der Waals surface area (Å²) < 4.78 is 11.8. The predicted octanol–water partition coefficient (Wildman–Crippen LogP) is 2.73. The number of phenols is 1. The number of rotatable bonds is 6. The quantitative estimate of drug-likeness (QED) is 0.292. The maximum absolute atomic E-state index is 9.37. The molecule has 0 aliphatic carbocycles. The van der Waals surface area contributed by atoms with Crippen LogP contribution in [0.2, 0.25) is 0 Å². The van der Waals surface area contributed by atoms with Crippen LogP contribution in [0.1, 0.15) is 5.56 Å². The Morgan fingerprint density at radius 1 is 1.32 bits per heavy atom. The highest BCUT2D eigenvalue weighted by Crippen LogP contribution is 2.32. The standard InChI is InChI=1S/C15H16BrNO3.C2H6N2O/c1-17-13-4-3-5-14(19-2)11(13)9-20-15-7-6-10(18)8-12(15)16;1-4(3)2-5/h3-8,17-18H,9H2,1-2H3;2H,3H2,1H3. The summed E-state index contributed by atoms with van der Waals surface area (Å²) in [5.41, 5.74) is 1.90. The van der Waals surface area contributed by atoms with Crippen LogP contribution >= 0.6 is 15.9 Å². The van der Waals surface area contributed by atoms with E-state index in [2.05, 4.69) is 21.2 Å². The molecule has 0 spiro atoms. The summed E-state index contributed by atoms with van der Waals surface area (Å²) in [4.78, 5) is 9.31. The van der Waals surface area contributed by atoms with Gasteiger partial charge in [0.2, 0.25) is 6.41 Å². The molecule has 4 N–H and O–H groups in total. The molecule has 0 radical (unpaired) electrons. The first-order valence-electron chi connectivity index (χ1n) is 7.30. The molecule has 0 bridgehead atoms. The number of aromatic hydroxyl groups is 1. The number of amides is 1. The number of carbonyl (C=O) groups excluding carboxylic acids is 1. The van der Waals surface area contributed by atoms with E-state index in [1.807, 2.05) is 25.2 Å². The Labute approximate surface area is 155 Å². The van der Waals surface area contributed by atoms with E-state index >= 15 is 0 Å². The number of hydrogen-bond donors (Lipinski definition) is 3. The molecule has 0 fully saturated rings. The van der Waals surface area contributed by atoms with Gasteiger partial charge in [-0.2, -0.15) is 0 Å². The van der Waals surface area contributed by atoms with E-state index in [9.17, 15) is 9.90 Å². The van der Waals surface area contributed by atoms with Crippen molar-refractivity contribution in [3.63, 3.8) is 0 Å². The summed E-state index contributed by atoms with van der Waals surface area (Å²) in [6, 6.07) is 10.7. The maximum atomic E-state index is 9.37. The molecule has 0 aliphatic rings. The van der Waals surface area contributed by atoms with Crippen LogP contribution in [0.4, 0.5) is 5.69 Å². The average molecular weight is 412 g/mol. The highest BCUT2D eigenvalue weighted by atomic mass is 79.9. The van der Waals surface area contributed by atoms with Gasteiger partial charge in [0.05, 0.1) is 17.1 Å². The van der Waals surface area contributed by atoms with Crippen molar-refractivity contribution >= 4 is 28.0 Å². The number of benzene rings is 2. The lowest BCUT2D eigenvalue weighted by Crippen LogP contribution is -2.23. The normalized spacial score (nSPS) is 9.48. The van der Waals surface area contributed by atoms with Crippen molar-refractivity contribution in [2.75, 3.05) is 26.5 Å². The molecule has 136 valence electrons. The van der Waals surface area contributed by atoms with Gasteiger partial charge in [0.15, 0.2) is 0 Å². The van der Waals surface area contributed by atoms with Gasteiger partial charge in [-0.05, 0) is 46.3 Å². The smallest absolute Gasteiger partial charge is 0.223 e. The fraction of sp³-hybridized carbons (Fsp3) is 0.235. The summed E-state index contributed by atoms with van der Waals surface area (Å²) >= 11 is 3.36. The van der Waals surface area contributed by atoms with E-state index < -0.39 is 0 Å². The zero-order valence-electron chi connectivity index (χ0n) is 14.3. The second kappa shape index (κ2) is 10.4. The van der Waals surface area contributed by atoms with Crippen LogP contribution in [0.5, 0.6) is 17.2 Å². The Kier molecular flexibility index (Phi) is 8.59. The molecule has 0 atom stereocenters. The Morgan fingerprint density at radius 3 is 2.52 bits per heavy atom. The summed E-state index contributed by atoms with van der Waals surface area (Å²) in [5.74, 6) is 6.38. The molecular formula is C17H22BrN3O4. The number of ether oxygens (including phenoxy) is 2. The number of hydrogen-bond acceptors (Lipinski definition) is 6. The highest BCUT2D eigenvalue weighted by molar-refractivity contribution is 9.10. The number of carbonyl (C=O) groups is 1. The SMILES string of the molecule is CN(N)C=O.CNc1cccc(OC)c1COc1ccc(O)cc1Br. The third-order valence-corrected chi connectivity index (χ3v) is 3.70. The number of nitrogens with two attached hydrogens (primary N) is 1. The lowest BCUT2D eigenvalue weighted by atomic mass is 10.1. The molecule has 2 aromatic rings. The molecule has 25 heavy (non-hydrogen) atoms. The Morgan fingerprint density at radius 2 is 2.00 bits per heavy atom. The first-order valence-corrected chi connectivity index (χ1v) is 8.10. The number of nitrogens with zero attached hydrogens (tertiary/aromatic N) is 1. The second-order valence-electron chi connectivity index (χ2n) is 4.91. The van der Waals surface area contributed by atoms with Crippen molar-refractivity contribution in [3.05, 3.63) is 46.4 Å². The van der Waals surface area contributed by atoms with Crippen LogP contribution in [0, 0.1) is 0 Å². The fourth-order valence-electron chi connectivity index (χ4n) is 1.90. The van der Waals surface area contributed by atoms with E-state index in [0.717, 1.165) is 22.0 Å². The van der Waals surface area contributed by atoms with Crippen LogP contribution < -0.4 is 20.6 Å². The van der Waals surface area contributed by atoms with E-state index in [1.54, 1.807) is 25.3 Å². The Hall–Kier alpha value is -2.45. The van der Waals surface area contributed by atoms with Crippen LogP contribution in [0.3, 0.4) is 0 Å². The van der Waals surface area contributed by atoms with E-state index in [0.29, 0.717) is 23.2 Å². The second-order valence-corrected chi connectivity index (χ2v) is 5.77. The molecule has 0 heterocycles. The average Bonchev–Trinajstić information content (AvgIpc) is 2.61. The number of hydrazine groups is 1. The Balaban J connectivity index is 0.000000550. The largest absolute Gasteiger partial charge is 0.508 e. The number of phenolic OH excluding ortho intramolecular Hbond substituents is 1. The van der Waals surface area contributed by atoms with Crippen molar-refractivity contribution < 1.29 is 19.4 Å². The summed E-state index contributed by atoms with van der Waals surface area (Å²) in [7, 11) is 4.95. The Bertz CT molecular complexity index is 673. The predicted molar refractivity (Wildman–Crippen MR) is 101 cm³/mol. The topological polar surface area (TPSA) is 97.1 Å². The van der Waals surface area contributed by atoms with Gasteiger partial charge in [0, 0.05) is 19.8 Å². The van der Waals surface area contributed by atoms with Gasteiger partial charge in [-0.15, -0.1) is 0 Å². The molecular weight excluding hydrogens is 390 g/mol. The molecule has 0 aliphatic heterocycles. The van der Waals surface area contributed by atoms with Gasteiger partial charge in [-0.1, -0.05) is 6.07 Å². The molecule has 0 unspecified atom stereocenters. The fourth-order valence-corrected chi connectivity index (χ4v) is 2.38. The van der Waals surface area contributed by atoms with Gasteiger partial charge in [-0.25, -0.2) is 5.84 Å². The molecule has 2 rings (SSSR count). The van der Waals surface area contributed by atoms with Crippen LogP contribution in [-0.2, 0) is 11.4 Å². The summed E-state index contributed by atoms with van der Waals surface area (Å²) in [5, 5.41) is 13.4. The van der Waals surface area contributed by atoms with E-state index in [1.165, 1.54) is 7.05 Å². The lowest BCUT2D eigenvalue weighted by Gasteiger charge is -2.15. The minimum atomic E-state index is 0.192. The van der Waals surface area contributed by atoms with Crippen LogP contribution in [0.25, 0.3) is 0 Å². The maximum Gasteiger partial charge on any atom is 0.223 e. The molecule has 7 nitrogen and oxygen atoms in total. The van der Waals surface area contributed by atoms with Gasteiger partial charge in [0.25, 0.3) is 0 Å². The van der Waals surface area contributed by atoms with Crippen molar-refractivity contribution in [2.24, 2.45) is 5.84 Å². The van der Waals surface area contributed by atoms with Crippen molar-refractivity contribution in [1.82, 2.24) is 5.01 Å². The lowest BCUT2D eigenvalue weighted by molar-refractivity contribution is -0.117. The summed E-state index contributed by atoms with van der Waals surface area (Å²) in [6.45, 7) is 0.365. The molecule has 0 saturated carbocycles. The zero-order valence-corrected chi connectivity index (χ0v) is 15.9. The van der Waals surface area contributed by atoms with Crippen LogP contribution in [0.15, 0.2) is 40.9 Å². The molecule has 1 amide bonds. The first-order chi connectivity index (χ1) is 11.9. The molecule has 0 aromatic heterocycles. The summed E-state index contributed by atoms with van der Waals surface area (Å²) in [6.07, 6.45) is 0.528. The van der Waals surface area contributed by atoms with Crippen LogP contribution in [-0.4, -0.2) is 37.7 Å². The third-order valence-electron chi connectivity index (χ3n) is 3.08. The minimum Gasteiger partial charge on any atom is -0.508 e. The van der Waals surface area contributed by atoms with E-state index in [-0.39, 0.29) is 5.75 Å². The van der Waals surface area contributed by atoms with Crippen molar-refractivity contribution in [2.45, 2.75) is 6.61 Å². The third kappa shape index (κ3) is 6.52. The molecule has 8 heteroatoms. The van der Waals surface area contributed by atoms with E-state index in [4.69, 9.17) is 15.3 Å². The highest BCUT2D eigenvalue weighted by Gasteiger charge is 2.10. The van der Waals surface area contributed by atoms with Crippen molar-refractivity contribution in [3.8, 4) is 17.2 Å². The number of halogens is 1. The number of methoxy groups -OCH3 is 1. The minimum absolute atomic E-state index is 0.192. The molecule has 2 aromatic carbocycles. The first kappa shape index (κ1) is 20.6.